The van der Waals surface area contributed by atoms with E-state index in [1.807, 2.05) is 39.8 Å². The van der Waals surface area contributed by atoms with Gasteiger partial charge in [-0.3, -0.25) is 4.79 Å². The lowest BCUT2D eigenvalue weighted by atomic mass is 10.1. The molecule has 3 aromatic rings. The number of nitrogens with zero attached hydrogens (tertiary/aromatic N) is 2. The van der Waals surface area contributed by atoms with Crippen molar-refractivity contribution in [1.29, 1.82) is 0 Å². The van der Waals surface area contributed by atoms with Gasteiger partial charge in [0.1, 0.15) is 0 Å². The molecule has 5 nitrogen and oxygen atoms in total. The maximum Gasteiger partial charge on any atom is 0.279 e. The van der Waals surface area contributed by atoms with Crippen LogP contribution in [0, 0.1) is 13.8 Å². The monoisotopic (exact) mass is 369 g/mol. The number of hydrogen-bond acceptors (Lipinski definition) is 4. The van der Waals surface area contributed by atoms with Crippen LogP contribution in [0.2, 0.25) is 5.02 Å². The number of aromatic nitrogens is 2. The lowest BCUT2D eigenvalue weighted by Gasteiger charge is -2.14. The Morgan fingerprint density at radius 2 is 1.62 bits per heavy atom. The van der Waals surface area contributed by atoms with Gasteiger partial charge in [-0.05, 0) is 75.2 Å². The molecule has 0 atom stereocenters. The SMILES string of the molecule is Cc1cc2nc(OC(C)C)c(C(=O)Nc3ccc(Cl)cc3)nc2cc1C. The zero-order chi connectivity index (χ0) is 18.8. The standard InChI is InChI=1S/C20H20ClN3O2/c1-11(2)26-20-18(19(25)22-15-7-5-14(21)6-8-15)23-16-9-12(3)13(4)10-17(16)24-20/h5-11H,1-4H3,(H,22,25). The summed E-state index contributed by atoms with van der Waals surface area (Å²) < 4.78 is 5.75. The Bertz CT molecular complexity index is 969. The normalized spacial score (nSPS) is 11.0. The van der Waals surface area contributed by atoms with E-state index >= 15 is 0 Å². The summed E-state index contributed by atoms with van der Waals surface area (Å²) >= 11 is 5.89. The number of amides is 1. The van der Waals surface area contributed by atoms with E-state index in [4.69, 9.17) is 16.3 Å². The highest BCUT2D eigenvalue weighted by Gasteiger charge is 2.19. The number of fused-ring (bicyclic) bond motifs is 1. The smallest absolute Gasteiger partial charge is 0.279 e. The van der Waals surface area contributed by atoms with Crippen LogP contribution < -0.4 is 10.1 Å². The van der Waals surface area contributed by atoms with Crippen LogP contribution in [0.5, 0.6) is 5.88 Å². The molecule has 1 aromatic heterocycles. The van der Waals surface area contributed by atoms with E-state index in [0.717, 1.165) is 11.1 Å². The van der Waals surface area contributed by atoms with Gasteiger partial charge in [-0.25, -0.2) is 9.97 Å². The summed E-state index contributed by atoms with van der Waals surface area (Å²) in [6.45, 7) is 7.78. The van der Waals surface area contributed by atoms with E-state index in [9.17, 15) is 4.79 Å². The van der Waals surface area contributed by atoms with Crippen LogP contribution in [0.4, 0.5) is 5.69 Å². The molecule has 0 fully saturated rings. The molecule has 0 radical (unpaired) electrons. The Labute approximate surface area is 157 Å². The van der Waals surface area contributed by atoms with Crippen LogP contribution in [0.1, 0.15) is 35.5 Å². The number of carbonyl (C=O) groups is 1. The van der Waals surface area contributed by atoms with E-state index in [2.05, 4.69) is 15.3 Å². The minimum atomic E-state index is -0.379. The third-order valence-corrected chi connectivity index (χ3v) is 4.16. The number of benzene rings is 2. The molecule has 26 heavy (non-hydrogen) atoms. The average Bonchev–Trinajstić information content (AvgIpc) is 2.57. The molecule has 0 saturated heterocycles. The number of rotatable bonds is 4. The quantitative estimate of drug-likeness (QED) is 0.707. The first-order chi connectivity index (χ1) is 12.3. The van der Waals surface area contributed by atoms with Gasteiger partial charge in [-0.15, -0.1) is 0 Å². The van der Waals surface area contributed by atoms with Gasteiger partial charge in [0.05, 0.1) is 17.1 Å². The Morgan fingerprint density at radius 1 is 1.04 bits per heavy atom. The van der Waals surface area contributed by atoms with E-state index in [0.29, 0.717) is 21.7 Å². The van der Waals surface area contributed by atoms with Crippen molar-refractivity contribution in [2.45, 2.75) is 33.8 Å². The minimum Gasteiger partial charge on any atom is -0.473 e. The van der Waals surface area contributed by atoms with E-state index in [1.54, 1.807) is 24.3 Å². The maximum absolute atomic E-state index is 12.8. The highest BCUT2D eigenvalue weighted by Crippen LogP contribution is 2.24. The predicted molar refractivity (Wildman–Crippen MR) is 104 cm³/mol. The first-order valence-corrected chi connectivity index (χ1v) is 8.74. The molecule has 2 aromatic carbocycles. The van der Waals surface area contributed by atoms with Gasteiger partial charge in [0.25, 0.3) is 5.91 Å². The molecule has 1 N–H and O–H groups in total. The Hall–Kier alpha value is -2.66. The van der Waals surface area contributed by atoms with Gasteiger partial charge in [-0.2, -0.15) is 0 Å². The highest BCUT2D eigenvalue weighted by molar-refractivity contribution is 6.30. The summed E-state index contributed by atoms with van der Waals surface area (Å²) in [5.41, 5.74) is 4.34. The molecule has 0 spiro atoms. The largest absolute Gasteiger partial charge is 0.473 e. The highest BCUT2D eigenvalue weighted by atomic mass is 35.5. The van der Waals surface area contributed by atoms with Gasteiger partial charge in [0.2, 0.25) is 5.88 Å². The number of halogens is 1. The predicted octanol–water partition coefficient (Wildman–Crippen LogP) is 4.94. The molecule has 6 heteroatoms. The molecule has 0 aliphatic carbocycles. The van der Waals surface area contributed by atoms with Crippen molar-refractivity contribution in [3.63, 3.8) is 0 Å². The topological polar surface area (TPSA) is 64.1 Å². The van der Waals surface area contributed by atoms with Crippen LogP contribution >= 0.6 is 11.6 Å². The number of aryl methyl sites for hydroxylation is 2. The number of ether oxygens (including phenoxy) is 1. The summed E-state index contributed by atoms with van der Waals surface area (Å²) in [6, 6.07) is 10.7. The molecule has 0 aliphatic rings. The fourth-order valence-corrected chi connectivity index (χ4v) is 2.60. The number of hydrogen-bond donors (Lipinski definition) is 1. The second-order valence-corrected chi connectivity index (χ2v) is 6.87. The third-order valence-electron chi connectivity index (χ3n) is 3.91. The molecule has 1 amide bonds. The van der Waals surface area contributed by atoms with Gasteiger partial charge in [-0.1, -0.05) is 11.6 Å². The molecule has 134 valence electrons. The van der Waals surface area contributed by atoms with Gasteiger partial charge in [0.15, 0.2) is 5.69 Å². The third kappa shape index (κ3) is 3.94. The lowest BCUT2D eigenvalue weighted by molar-refractivity contribution is 0.101. The van der Waals surface area contributed by atoms with Gasteiger partial charge in [0, 0.05) is 10.7 Å². The zero-order valence-corrected chi connectivity index (χ0v) is 15.9. The van der Waals surface area contributed by atoms with Crippen molar-refractivity contribution >= 4 is 34.2 Å². The van der Waals surface area contributed by atoms with Crippen molar-refractivity contribution < 1.29 is 9.53 Å². The summed E-state index contributed by atoms with van der Waals surface area (Å²) in [4.78, 5) is 21.8. The van der Waals surface area contributed by atoms with Crippen molar-refractivity contribution in [2.75, 3.05) is 5.32 Å². The Morgan fingerprint density at radius 3 is 2.19 bits per heavy atom. The molecule has 0 aliphatic heterocycles. The Balaban J connectivity index is 2.04. The molecular weight excluding hydrogens is 350 g/mol. The van der Waals surface area contributed by atoms with Crippen LogP contribution in [-0.2, 0) is 0 Å². The first-order valence-electron chi connectivity index (χ1n) is 8.36. The number of nitrogens with one attached hydrogen (secondary N) is 1. The van der Waals surface area contributed by atoms with Crippen LogP contribution in [-0.4, -0.2) is 22.0 Å². The van der Waals surface area contributed by atoms with Crippen LogP contribution in [0.3, 0.4) is 0 Å². The summed E-state index contributed by atoms with van der Waals surface area (Å²) in [5, 5.41) is 3.41. The molecule has 3 rings (SSSR count). The van der Waals surface area contributed by atoms with Gasteiger partial charge >= 0.3 is 0 Å². The van der Waals surface area contributed by atoms with Gasteiger partial charge < -0.3 is 10.1 Å². The zero-order valence-electron chi connectivity index (χ0n) is 15.1. The van der Waals surface area contributed by atoms with Crippen molar-refractivity contribution in [3.05, 3.63) is 58.2 Å². The lowest BCUT2D eigenvalue weighted by Crippen LogP contribution is -2.18. The summed E-state index contributed by atoms with van der Waals surface area (Å²) in [7, 11) is 0. The van der Waals surface area contributed by atoms with Crippen molar-refractivity contribution in [1.82, 2.24) is 9.97 Å². The minimum absolute atomic E-state index is 0.129. The average molecular weight is 370 g/mol. The molecular formula is C20H20ClN3O2. The van der Waals surface area contributed by atoms with E-state index in [1.165, 1.54) is 0 Å². The summed E-state index contributed by atoms with van der Waals surface area (Å²) in [6.07, 6.45) is -0.129. The molecule has 0 saturated carbocycles. The van der Waals surface area contributed by atoms with Crippen molar-refractivity contribution in [2.24, 2.45) is 0 Å². The van der Waals surface area contributed by atoms with E-state index in [-0.39, 0.29) is 23.6 Å². The molecule has 0 bridgehead atoms. The first kappa shape index (κ1) is 18.1. The number of anilines is 1. The molecule has 1 heterocycles. The maximum atomic E-state index is 12.8. The fourth-order valence-electron chi connectivity index (χ4n) is 2.47. The Kier molecular flexibility index (Phi) is 5.09. The molecule has 0 unspecified atom stereocenters. The fraction of sp³-hybridized carbons (Fsp3) is 0.250. The second kappa shape index (κ2) is 7.30. The van der Waals surface area contributed by atoms with Crippen molar-refractivity contribution in [3.8, 4) is 5.88 Å². The second-order valence-electron chi connectivity index (χ2n) is 6.43. The number of carbonyl (C=O) groups excluding carboxylic acids is 1. The van der Waals surface area contributed by atoms with E-state index < -0.39 is 0 Å². The van der Waals surface area contributed by atoms with Crippen LogP contribution in [0.15, 0.2) is 36.4 Å². The van der Waals surface area contributed by atoms with Crippen LogP contribution in [0.25, 0.3) is 11.0 Å². The summed E-state index contributed by atoms with van der Waals surface area (Å²) in [5.74, 6) is -0.155.